The van der Waals surface area contributed by atoms with Crippen molar-refractivity contribution in [2.24, 2.45) is 10.9 Å². The highest BCUT2D eigenvalue weighted by molar-refractivity contribution is 5.86. The number of hydrogen-bond donors (Lipinski definition) is 2. The molecule has 1 aromatic carbocycles. The first-order chi connectivity index (χ1) is 7.21. The van der Waals surface area contributed by atoms with E-state index in [1.54, 1.807) is 18.2 Å². The van der Waals surface area contributed by atoms with Gasteiger partial charge in [-0.3, -0.25) is 5.32 Å². The predicted octanol–water partition coefficient (Wildman–Crippen LogP) is 1.42. The fraction of sp³-hybridized carbons (Fsp3) is 0. The van der Waals surface area contributed by atoms with Crippen molar-refractivity contribution in [3.63, 3.8) is 0 Å². The van der Waals surface area contributed by atoms with Gasteiger partial charge in [0.05, 0.1) is 6.21 Å². The van der Waals surface area contributed by atoms with Crippen molar-refractivity contribution in [1.82, 2.24) is 0 Å². The monoisotopic (exact) mass is 203 g/mol. The SMILES string of the molecule is N[N+]1(C(=O)Nc2ccccc2)C=CC=N1. The fourth-order valence-corrected chi connectivity index (χ4v) is 1.21. The number of amides is 2. The van der Waals surface area contributed by atoms with Crippen molar-refractivity contribution in [3.8, 4) is 0 Å². The molecule has 2 amide bonds. The third-order valence-electron chi connectivity index (χ3n) is 2.01. The van der Waals surface area contributed by atoms with Crippen molar-refractivity contribution in [3.05, 3.63) is 42.6 Å². The summed E-state index contributed by atoms with van der Waals surface area (Å²) in [5.74, 6) is 5.69. The van der Waals surface area contributed by atoms with Gasteiger partial charge >= 0.3 is 6.03 Å². The number of nitrogens with two attached hydrogens (primary N) is 1. The zero-order valence-corrected chi connectivity index (χ0v) is 8.00. The number of anilines is 1. The lowest BCUT2D eigenvalue weighted by molar-refractivity contribution is -0.811. The summed E-state index contributed by atoms with van der Waals surface area (Å²) in [4.78, 5) is 11.7. The van der Waals surface area contributed by atoms with Crippen LogP contribution in [0, 0.1) is 0 Å². The summed E-state index contributed by atoms with van der Waals surface area (Å²) < 4.78 is -0.588. The van der Waals surface area contributed by atoms with E-state index in [0.29, 0.717) is 5.69 Å². The molecule has 5 heteroatoms. The zero-order chi connectivity index (χ0) is 10.7. The van der Waals surface area contributed by atoms with Crippen LogP contribution in [0.3, 0.4) is 0 Å². The molecular formula is C10H11N4O+. The van der Waals surface area contributed by atoms with Gasteiger partial charge in [-0.05, 0) is 16.8 Å². The normalized spacial score (nSPS) is 23.0. The number of nitrogens with one attached hydrogen (secondary N) is 1. The average molecular weight is 203 g/mol. The number of carbonyl (C=O) groups is 1. The highest BCUT2D eigenvalue weighted by Gasteiger charge is 2.33. The topological polar surface area (TPSA) is 67.5 Å². The van der Waals surface area contributed by atoms with Crippen LogP contribution in [-0.2, 0) is 0 Å². The van der Waals surface area contributed by atoms with Gasteiger partial charge in [0.2, 0.25) is 0 Å². The molecular weight excluding hydrogens is 192 g/mol. The summed E-state index contributed by atoms with van der Waals surface area (Å²) in [5, 5.41) is 6.50. The lowest BCUT2D eigenvalue weighted by Gasteiger charge is -2.15. The first kappa shape index (κ1) is 9.57. The van der Waals surface area contributed by atoms with Gasteiger partial charge in [-0.1, -0.05) is 23.3 Å². The van der Waals surface area contributed by atoms with Crippen LogP contribution in [0.5, 0.6) is 0 Å². The van der Waals surface area contributed by atoms with E-state index in [1.165, 1.54) is 12.4 Å². The van der Waals surface area contributed by atoms with Gasteiger partial charge in [0.15, 0.2) is 6.20 Å². The van der Waals surface area contributed by atoms with Crippen LogP contribution >= 0.6 is 0 Å². The molecule has 1 aromatic rings. The number of para-hydroxylation sites is 1. The number of hydrogen-bond acceptors (Lipinski definition) is 3. The molecule has 0 spiro atoms. The van der Waals surface area contributed by atoms with Crippen LogP contribution in [0.4, 0.5) is 10.5 Å². The number of allylic oxidation sites excluding steroid dienone is 1. The van der Waals surface area contributed by atoms with Crippen LogP contribution in [0.15, 0.2) is 47.7 Å². The summed E-state index contributed by atoms with van der Waals surface area (Å²) in [7, 11) is 0. The third kappa shape index (κ3) is 1.93. The molecule has 0 bridgehead atoms. The maximum atomic E-state index is 11.7. The smallest absolute Gasteiger partial charge is 0.271 e. The van der Waals surface area contributed by atoms with Gasteiger partial charge in [-0.25, -0.2) is 4.79 Å². The maximum absolute atomic E-state index is 11.7. The fourth-order valence-electron chi connectivity index (χ4n) is 1.21. The zero-order valence-electron chi connectivity index (χ0n) is 8.00. The minimum absolute atomic E-state index is 0.397. The van der Waals surface area contributed by atoms with E-state index in [-0.39, 0.29) is 0 Å². The summed E-state index contributed by atoms with van der Waals surface area (Å²) in [6.07, 6.45) is 4.62. The molecule has 1 unspecified atom stereocenters. The molecule has 76 valence electrons. The van der Waals surface area contributed by atoms with Gasteiger partial charge < -0.3 is 0 Å². The molecule has 0 aliphatic carbocycles. The summed E-state index contributed by atoms with van der Waals surface area (Å²) in [6.45, 7) is 0. The lowest BCUT2D eigenvalue weighted by atomic mass is 10.3. The number of quaternary nitrogens is 1. The largest absolute Gasteiger partial charge is 0.472 e. The Hall–Kier alpha value is -1.98. The van der Waals surface area contributed by atoms with Crippen molar-refractivity contribution in [2.75, 3.05) is 5.32 Å². The molecule has 0 radical (unpaired) electrons. The Balaban J connectivity index is 2.11. The molecule has 0 aromatic heterocycles. The second-order valence-corrected chi connectivity index (χ2v) is 3.14. The summed E-state index contributed by atoms with van der Waals surface area (Å²) in [5.41, 5.74) is 0.695. The van der Waals surface area contributed by atoms with E-state index >= 15 is 0 Å². The van der Waals surface area contributed by atoms with Crippen molar-refractivity contribution in [2.45, 2.75) is 0 Å². The van der Waals surface area contributed by atoms with E-state index in [9.17, 15) is 4.79 Å². The molecule has 1 aliphatic rings. The number of nitrogens with zero attached hydrogens (tertiary/aromatic N) is 2. The summed E-state index contributed by atoms with van der Waals surface area (Å²) >= 11 is 0. The first-order valence-electron chi connectivity index (χ1n) is 4.48. The number of rotatable bonds is 1. The van der Waals surface area contributed by atoms with Crippen molar-refractivity contribution in [1.29, 1.82) is 0 Å². The number of carbonyl (C=O) groups excluding carboxylic acids is 1. The van der Waals surface area contributed by atoms with Crippen LogP contribution in [0.1, 0.15) is 0 Å². The Labute approximate surface area is 87.1 Å². The minimum atomic E-state index is -0.588. The van der Waals surface area contributed by atoms with E-state index < -0.39 is 10.7 Å². The Kier molecular flexibility index (Phi) is 2.32. The van der Waals surface area contributed by atoms with Gasteiger partial charge in [0.1, 0.15) is 0 Å². The first-order valence-corrected chi connectivity index (χ1v) is 4.48. The highest BCUT2D eigenvalue weighted by atomic mass is 16.2. The standard InChI is InChI=1S/C10H10N4O/c11-14(8-4-7-12-14)10(15)13-9-5-2-1-3-6-9/h1-8H,11H2/p+1. The number of benzene rings is 1. The van der Waals surface area contributed by atoms with Crippen LogP contribution in [0.25, 0.3) is 0 Å². The van der Waals surface area contributed by atoms with E-state index in [4.69, 9.17) is 5.84 Å². The van der Waals surface area contributed by atoms with Crippen LogP contribution < -0.4 is 11.2 Å². The molecule has 0 fully saturated rings. The minimum Gasteiger partial charge on any atom is -0.271 e. The van der Waals surface area contributed by atoms with E-state index in [2.05, 4.69) is 10.4 Å². The molecule has 0 saturated heterocycles. The lowest BCUT2D eigenvalue weighted by Crippen LogP contribution is -2.50. The molecule has 5 nitrogen and oxygen atoms in total. The Morgan fingerprint density at radius 3 is 2.67 bits per heavy atom. The van der Waals surface area contributed by atoms with Gasteiger partial charge in [0, 0.05) is 11.8 Å². The van der Waals surface area contributed by atoms with Gasteiger partial charge in [-0.2, -0.15) is 0 Å². The van der Waals surface area contributed by atoms with E-state index in [0.717, 1.165) is 0 Å². The van der Waals surface area contributed by atoms with Crippen LogP contribution in [-0.4, -0.2) is 16.9 Å². The molecule has 1 atom stereocenters. The molecule has 1 aliphatic heterocycles. The Morgan fingerprint density at radius 1 is 1.33 bits per heavy atom. The molecule has 3 N–H and O–H groups in total. The third-order valence-corrected chi connectivity index (χ3v) is 2.01. The van der Waals surface area contributed by atoms with Crippen molar-refractivity contribution >= 4 is 17.9 Å². The predicted molar refractivity (Wildman–Crippen MR) is 57.5 cm³/mol. The molecule has 2 rings (SSSR count). The second kappa shape index (κ2) is 3.64. The molecule has 1 heterocycles. The maximum Gasteiger partial charge on any atom is 0.472 e. The summed E-state index contributed by atoms with van der Waals surface area (Å²) in [6, 6.07) is 8.71. The highest BCUT2D eigenvalue weighted by Crippen LogP contribution is 2.12. The number of urea groups is 1. The molecule has 0 saturated carbocycles. The van der Waals surface area contributed by atoms with Gasteiger partial charge in [0.25, 0.3) is 0 Å². The average Bonchev–Trinajstić information content (AvgIpc) is 2.68. The second-order valence-electron chi connectivity index (χ2n) is 3.14. The Bertz CT molecular complexity index is 412. The van der Waals surface area contributed by atoms with Gasteiger partial charge in [-0.15, -0.1) is 5.84 Å². The van der Waals surface area contributed by atoms with Crippen molar-refractivity contribution < 1.29 is 9.50 Å². The molecule has 15 heavy (non-hydrogen) atoms. The van der Waals surface area contributed by atoms with Crippen LogP contribution in [0.2, 0.25) is 0 Å². The Morgan fingerprint density at radius 2 is 2.07 bits per heavy atom. The van der Waals surface area contributed by atoms with E-state index in [1.807, 2.05) is 18.2 Å². The quantitative estimate of drug-likeness (QED) is 0.412.